The van der Waals surface area contributed by atoms with E-state index in [0.717, 1.165) is 5.56 Å². The highest BCUT2D eigenvalue weighted by Gasteiger charge is 2.27. The van der Waals surface area contributed by atoms with Gasteiger partial charge in [-0.15, -0.1) is 0 Å². The van der Waals surface area contributed by atoms with Crippen molar-refractivity contribution in [1.29, 1.82) is 0 Å². The molecule has 0 bridgehead atoms. The summed E-state index contributed by atoms with van der Waals surface area (Å²) >= 11 is 0. The van der Waals surface area contributed by atoms with Crippen molar-refractivity contribution in [2.45, 2.75) is 19.1 Å². The van der Waals surface area contributed by atoms with Crippen LogP contribution in [0.2, 0.25) is 0 Å². The van der Waals surface area contributed by atoms with Crippen LogP contribution in [0.1, 0.15) is 24.7 Å². The molecule has 0 N–H and O–H groups in total. The van der Waals surface area contributed by atoms with Crippen LogP contribution in [-0.4, -0.2) is 8.42 Å². The van der Waals surface area contributed by atoms with Gasteiger partial charge in [0.25, 0.3) is 0 Å². The quantitative estimate of drug-likeness (QED) is 0.751. The van der Waals surface area contributed by atoms with Crippen LogP contribution in [0.4, 0.5) is 0 Å². The van der Waals surface area contributed by atoms with E-state index in [1.807, 2.05) is 32.0 Å². The van der Waals surface area contributed by atoms with Crippen molar-refractivity contribution in [3.63, 3.8) is 0 Å². The Morgan fingerprint density at radius 2 is 1.64 bits per heavy atom. The van der Waals surface area contributed by atoms with E-state index < -0.39 is 14.3 Å². The molecule has 0 aromatic heterocycles. The van der Waals surface area contributed by atoms with Gasteiger partial charge in [0.2, 0.25) is 9.05 Å². The van der Waals surface area contributed by atoms with E-state index in [2.05, 4.69) is 0 Å². The molecule has 0 fully saturated rings. The number of hydrogen-bond acceptors (Lipinski definition) is 2. The van der Waals surface area contributed by atoms with Crippen molar-refractivity contribution in [2.24, 2.45) is 5.92 Å². The van der Waals surface area contributed by atoms with Gasteiger partial charge in [0, 0.05) is 10.7 Å². The summed E-state index contributed by atoms with van der Waals surface area (Å²) in [5, 5.41) is -0.620. The van der Waals surface area contributed by atoms with Crippen molar-refractivity contribution in [2.75, 3.05) is 0 Å². The Hall–Kier alpha value is -0.540. The molecule has 0 aliphatic carbocycles. The fraction of sp³-hybridized carbons (Fsp3) is 0.400. The van der Waals surface area contributed by atoms with Gasteiger partial charge in [-0.1, -0.05) is 44.2 Å². The zero-order valence-corrected chi connectivity index (χ0v) is 9.72. The van der Waals surface area contributed by atoms with E-state index in [4.69, 9.17) is 10.7 Å². The van der Waals surface area contributed by atoms with Crippen LogP contribution in [0.25, 0.3) is 0 Å². The van der Waals surface area contributed by atoms with Crippen molar-refractivity contribution < 1.29 is 8.42 Å². The molecule has 78 valence electrons. The first-order valence-electron chi connectivity index (χ1n) is 4.41. The zero-order valence-electron chi connectivity index (χ0n) is 8.14. The van der Waals surface area contributed by atoms with Gasteiger partial charge in [0.05, 0.1) is 0 Å². The van der Waals surface area contributed by atoms with Crippen LogP contribution >= 0.6 is 10.7 Å². The van der Waals surface area contributed by atoms with Gasteiger partial charge in [0.1, 0.15) is 5.25 Å². The van der Waals surface area contributed by atoms with Gasteiger partial charge in [0.15, 0.2) is 0 Å². The van der Waals surface area contributed by atoms with Crippen molar-refractivity contribution >= 4 is 19.7 Å². The second-order valence-electron chi connectivity index (χ2n) is 3.55. The molecule has 0 radical (unpaired) electrons. The maximum Gasteiger partial charge on any atom is 0.239 e. The minimum Gasteiger partial charge on any atom is -0.212 e. The summed E-state index contributed by atoms with van der Waals surface area (Å²) < 4.78 is 22.7. The molecule has 1 atom stereocenters. The van der Waals surface area contributed by atoms with Crippen LogP contribution in [0.5, 0.6) is 0 Å². The predicted octanol–water partition coefficient (Wildman–Crippen LogP) is 2.95. The van der Waals surface area contributed by atoms with E-state index in [1.54, 1.807) is 12.1 Å². The molecule has 1 aromatic rings. The smallest absolute Gasteiger partial charge is 0.212 e. The lowest BCUT2D eigenvalue weighted by Crippen LogP contribution is -2.13. The SMILES string of the molecule is CC(C)C(c1ccccc1)S(=O)(=O)Cl. The average Bonchev–Trinajstić information content (AvgIpc) is 2.02. The molecule has 14 heavy (non-hydrogen) atoms. The molecule has 1 rings (SSSR count). The Bertz CT molecular complexity index is 384. The van der Waals surface area contributed by atoms with Gasteiger partial charge < -0.3 is 0 Å². The monoisotopic (exact) mass is 232 g/mol. The minimum atomic E-state index is -3.54. The summed E-state index contributed by atoms with van der Waals surface area (Å²) in [5.41, 5.74) is 0.748. The molecule has 4 heteroatoms. The van der Waals surface area contributed by atoms with Crippen LogP contribution < -0.4 is 0 Å². The van der Waals surface area contributed by atoms with E-state index >= 15 is 0 Å². The number of hydrogen-bond donors (Lipinski definition) is 0. The number of rotatable bonds is 3. The topological polar surface area (TPSA) is 34.1 Å². The third kappa shape index (κ3) is 2.72. The molecular formula is C10H13ClO2S. The molecule has 0 amide bonds. The summed E-state index contributed by atoms with van der Waals surface area (Å²) in [6, 6.07) is 9.04. The standard InChI is InChI=1S/C10H13ClO2S/c1-8(2)10(14(11,12)13)9-6-4-3-5-7-9/h3-8,10H,1-2H3. The van der Waals surface area contributed by atoms with Gasteiger partial charge >= 0.3 is 0 Å². The fourth-order valence-electron chi connectivity index (χ4n) is 1.52. The maximum absolute atomic E-state index is 11.3. The Labute approximate surface area is 89.3 Å². The third-order valence-electron chi connectivity index (χ3n) is 2.04. The van der Waals surface area contributed by atoms with Crippen molar-refractivity contribution in [3.8, 4) is 0 Å². The summed E-state index contributed by atoms with van der Waals surface area (Å²) in [4.78, 5) is 0. The molecule has 0 heterocycles. The zero-order chi connectivity index (χ0) is 10.8. The van der Waals surface area contributed by atoms with Crippen molar-refractivity contribution in [3.05, 3.63) is 35.9 Å². The maximum atomic E-state index is 11.3. The molecule has 1 unspecified atom stereocenters. The lowest BCUT2D eigenvalue weighted by molar-refractivity contribution is 0.553. The molecule has 2 nitrogen and oxygen atoms in total. The second kappa shape index (κ2) is 4.32. The van der Waals surface area contributed by atoms with Gasteiger partial charge in [-0.05, 0) is 11.5 Å². The fourth-order valence-corrected chi connectivity index (χ4v) is 3.57. The van der Waals surface area contributed by atoms with E-state index in [1.165, 1.54) is 0 Å². The Kier molecular flexibility index (Phi) is 3.56. The normalized spacial score (nSPS) is 14.3. The van der Waals surface area contributed by atoms with Gasteiger partial charge in [-0.2, -0.15) is 0 Å². The first-order chi connectivity index (χ1) is 6.43. The average molecular weight is 233 g/mol. The highest BCUT2D eigenvalue weighted by Crippen LogP contribution is 2.32. The van der Waals surface area contributed by atoms with Gasteiger partial charge in [-0.3, -0.25) is 0 Å². The lowest BCUT2D eigenvalue weighted by atomic mass is 10.0. The Balaban J connectivity index is 3.15. The molecule has 0 aliphatic heterocycles. The molecular weight excluding hydrogens is 220 g/mol. The summed E-state index contributed by atoms with van der Waals surface area (Å²) in [7, 11) is 1.86. The minimum absolute atomic E-state index is 0.0279. The predicted molar refractivity (Wildman–Crippen MR) is 58.8 cm³/mol. The summed E-state index contributed by atoms with van der Waals surface area (Å²) in [5.74, 6) is -0.0279. The highest BCUT2D eigenvalue weighted by atomic mass is 35.7. The van der Waals surface area contributed by atoms with Crippen LogP contribution in [-0.2, 0) is 9.05 Å². The van der Waals surface area contributed by atoms with Gasteiger partial charge in [-0.25, -0.2) is 8.42 Å². The van der Waals surface area contributed by atoms with Crippen LogP contribution in [0, 0.1) is 5.92 Å². The van der Waals surface area contributed by atoms with E-state index in [-0.39, 0.29) is 5.92 Å². The Morgan fingerprint density at radius 3 is 2.00 bits per heavy atom. The first kappa shape index (κ1) is 11.5. The van der Waals surface area contributed by atoms with E-state index in [0.29, 0.717) is 0 Å². The molecule has 0 saturated heterocycles. The second-order valence-corrected chi connectivity index (χ2v) is 6.30. The van der Waals surface area contributed by atoms with E-state index in [9.17, 15) is 8.42 Å². The molecule has 0 spiro atoms. The van der Waals surface area contributed by atoms with Crippen LogP contribution in [0.15, 0.2) is 30.3 Å². The molecule has 0 aliphatic rings. The van der Waals surface area contributed by atoms with Crippen LogP contribution in [0.3, 0.4) is 0 Å². The van der Waals surface area contributed by atoms with Crippen molar-refractivity contribution in [1.82, 2.24) is 0 Å². The number of benzene rings is 1. The third-order valence-corrected chi connectivity index (χ3v) is 4.04. The Morgan fingerprint density at radius 1 is 1.14 bits per heavy atom. The largest absolute Gasteiger partial charge is 0.239 e. The lowest BCUT2D eigenvalue weighted by Gasteiger charge is -2.17. The highest BCUT2D eigenvalue weighted by molar-refractivity contribution is 8.13. The summed E-state index contributed by atoms with van der Waals surface area (Å²) in [6.07, 6.45) is 0. The first-order valence-corrected chi connectivity index (χ1v) is 6.78. The number of halogens is 1. The molecule has 1 aromatic carbocycles. The summed E-state index contributed by atoms with van der Waals surface area (Å²) in [6.45, 7) is 3.69. The molecule has 0 saturated carbocycles.